The third kappa shape index (κ3) is 2.20. The molecule has 1 fully saturated rings. The van der Waals surface area contributed by atoms with Crippen LogP contribution in [0.15, 0.2) is 41.6 Å². The van der Waals surface area contributed by atoms with E-state index < -0.39 is 0 Å². The van der Waals surface area contributed by atoms with Crippen molar-refractivity contribution in [1.82, 2.24) is 5.32 Å². The predicted octanol–water partition coefficient (Wildman–Crippen LogP) is 2.80. The van der Waals surface area contributed by atoms with Crippen molar-refractivity contribution in [2.75, 3.05) is 6.54 Å². The molecule has 2 aliphatic rings. The van der Waals surface area contributed by atoms with E-state index in [0.717, 1.165) is 18.1 Å². The molecule has 1 aliphatic heterocycles. The normalized spacial score (nSPS) is 24.3. The van der Waals surface area contributed by atoms with Crippen molar-refractivity contribution in [3.8, 4) is 0 Å². The van der Waals surface area contributed by atoms with Crippen LogP contribution in [0.5, 0.6) is 0 Å². The van der Waals surface area contributed by atoms with Gasteiger partial charge in [-0.15, -0.1) is 0 Å². The first-order valence-corrected chi connectivity index (χ1v) is 5.55. The summed E-state index contributed by atoms with van der Waals surface area (Å²) in [5, 5.41) is 3.33. The Kier molecular flexibility index (Phi) is 2.76. The summed E-state index contributed by atoms with van der Waals surface area (Å²) in [6.07, 6.45) is 11.9. The summed E-state index contributed by atoms with van der Waals surface area (Å²) in [7, 11) is 0. The van der Waals surface area contributed by atoms with Crippen LogP contribution in [0.1, 0.15) is 26.2 Å². The van der Waals surface area contributed by atoms with Gasteiger partial charge in [0.15, 0.2) is 0 Å². The quantitative estimate of drug-likeness (QED) is 0.694. The van der Waals surface area contributed by atoms with Gasteiger partial charge in [-0.05, 0) is 18.9 Å². The Balaban J connectivity index is 2.18. The van der Waals surface area contributed by atoms with Crippen LogP contribution in [0.2, 0.25) is 0 Å². The summed E-state index contributed by atoms with van der Waals surface area (Å²) in [4.78, 5) is 4.61. The standard InChI is InChI=1S/C13H18N2/c1-11-7-4-3-5-10-14-12(15-11)13(2)8-6-9-13/h3-5,7H,1,6,8-10H2,2H3,(H,14,15). The van der Waals surface area contributed by atoms with E-state index in [-0.39, 0.29) is 5.41 Å². The van der Waals surface area contributed by atoms with E-state index in [1.54, 1.807) is 0 Å². The van der Waals surface area contributed by atoms with Gasteiger partial charge in [0.05, 0.1) is 6.54 Å². The fourth-order valence-electron chi connectivity index (χ4n) is 1.97. The molecular formula is C13H18N2. The molecule has 1 saturated carbocycles. The highest BCUT2D eigenvalue weighted by molar-refractivity contribution is 5.90. The molecule has 1 aliphatic carbocycles. The van der Waals surface area contributed by atoms with Crippen molar-refractivity contribution in [3.05, 3.63) is 36.6 Å². The molecule has 2 heteroatoms. The zero-order chi connectivity index (χ0) is 10.7. The van der Waals surface area contributed by atoms with E-state index in [1.807, 2.05) is 18.2 Å². The lowest BCUT2D eigenvalue weighted by Gasteiger charge is -2.39. The Labute approximate surface area is 91.5 Å². The number of rotatable bonds is 1. The van der Waals surface area contributed by atoms with Crippen molar-refractivity contribution in [2.24, 2.45) is 10.4 Å². The van der Waals surface area contributed by atoms with E-state index in [0.29, 0.717) is 0 Å². The Bertz CT molecular complexity index is 344. The number of amidine groups is 1. The van der Waals surface area contributed by atoms with Gasteiger partial charge in [0, 0.05) is 11.1 Å². The van der Waals surface area contributed by atoms with Crippen LogP contribution in [-0.4, -0.2) is 12.4 Å². The number of hydrogen-bond acceptors (Lipinski definition) is 2. The summed E-state index contributed by atoms with van der Waals surface area (Å²) < 4.78 is 0. The molecule has 0 bridgehead atoms. The Morgan fingerprint density at radius 1 is 1.40 bits per heavy atom. The molecule has 0 aromatic rings. The zero-order valence-corrected chi connectivity index (χ0v) is 9.29. The minimum atomic E-state index is 0.259. The SMILES string of the molecule is C=C1C=CC=CCN=C(C2(C)CCC2)N1. The number of nitrogens with one attached hydrogen (secondary N) is 1. The molecule has 0 atom stereocenters. The molecule has 1 heterocycles. The topological polar surface area (TPSA) is 24.4 Å². The average Bonchev–Trinajstić information content (AvgIpc) is 2.26. The van der Waals surface area contributed by atoms with E-state index in [4.69, 9.17) is 0 Å². The second kappa shape index (κ2) is 4.05. The van der Waals surface area contributed by atoms with Crippen LogP contribution in [0.3, 0.4) is 0 Å². The molecule has 0 aromatic heterocycles. The van der Waals surface area contributed by atoms with E-state index >= 15 is 0 Å². The maximum atomic E-state index is 4.61. The highest BCUT2D eigenvalue weighted by Crippen LogP contribution is 2.41. The van der Waals surface area contributed by atoms with Crippen LogP contribution in [0.25, 0.3) is 0 Å². The van der Waals surface area contributed by atoms with Crippen LogP contribution < -0.4 is 5.32 Å². The van der Waals surface area contributed by atoms with Gasteiger partial charge in [-0.1, -0.05) is 38.2 Å². The highest BCUT2D eigenvalue weighted by Gasteiger charge is 2.37. The van der Waals surface area contributed by atoms with E-state index in [9.17, 15) is 0 Å². The van der Waals surface area contributed by atoms with Gasteiger partial charge in [-0.25, -0.2) is 0 Å². The van der Waals surface area contributed by atoms with E-state index in [2.05, 4.69) is 29.9 Å². The largest absolute Gasteiger partial charge is 0.344 e. The lowest BCUT2D eigenvalue weighted by atomic mass is 9.69. The smallest absolute Gasteiger partial charge is 0.107 e. The molecule has 1 N–H and O–H groups in total. The van der Waals surface area contributed by atoms with Gasteiger partial charge in [-0.2, -0.15) is 0 Å². The molecule has 0 unspecified atom stereocenters. The van der Waals surface area contributed by atoms with Crippen LogP contribution in [-0.2, 0) is 0 Å². The van der Waals surface area contributed by atoms with Crippen molar-refractivity contribution in [2.45, 2.75) is 26.2 Å². The molecule has 0 spiro atoms. The summed E-state index contributed by atoms with van der Waals surface area (Å²) >= 11 is 0. The van der Waals surface area contributed by atoms with Crippen LogP contribution in [0.4, 0.5) is 0 Å². The molecule has 15 heavy (non-hydrogen) atoms. The van der Waals surface area contributed by atoms with Gasteiger partial charge in [0.2, 0.25) is 0 Å². The molecule has 2 nitrogen and oxygen atoms in total. The Hall–Kier alpha value is -1.31. The van der Waals surface area contributed by atoms with Crippen molar-refractivity contribution in [3.63, 3.8) is 0 Å². The van der Waals surface area contributed by atoms with Gasteiger partial charge in [-0.3, -0.25) is 4.99 Å². The molecule has 0 aromatic carbocycles. The van der Waals surface area contributed by atoms with Crippen molar-refractivity contribution >= 4 is 5.84 Å². The Morgan fingerprint density at radius 3 is 2.87 bits per heavy atom. The summed E-state index contributed by atoms with van der Waals surface area (Å²) in [6.45, 7) is 7.01. The summed E-state index contributed by atoms with van der Waals surface area (Å²) in [5.74, 6) is 1.11. The first-order chi connectivity index (χ1) is 7.21. The van der Waals surface area contributed by atoms with Gasteiger partial charge >= 0.3 is 0 Å². The first-order valence-electron chi connectivity index (χ1n) is 5.55. The van der Waals surface area contributed by atoms with E-state index in [1.165, 1.54) is 19.3 Å². The highest BCUT2D eigenvalue weighted by atomic mass is 15.0. The molecule has 2 rings (SSSR count). The molecular weight excluding hydrogens is 184 g/mol. The third-order valence-corrected chi connectivity index (χ3v) is 3.21. The fraction of sp³-hybridized carbons (Fsp3) is 0.462. The average molecular weight is 202 g/mol. The maximum absolute atomic E-state index is 4.61. The van der Waals surface area contributed by atoms with Gasteiger partial charge in [0.25, 0.3) is 0 Å². The van der Waals surface area contributed by atoms with Gasteiger partial charge in [0.1, 0.15) is 5.84 Å². The second-order valence-electron chi connectivity index (χ2n) is 4.54. The third-order valence-electron chi connectivity index (χ3n) is 3.21. The number of allylic oxidation sites excluding steroid dienone is 3. The molecule has 80 valence electrons. The maximum Gasteiger partial charge on any atom is 0.107 e. The lowest BCUT2D eigenvalue weighted by molar-refractivity contribution is 0.256. The lowest BCUT2D eigenvalue weighted by Crippen LogP contribution is -2.43. The molecule has 0 radical (unpaired) electrons. The van der Waals surface area contributed by atoms with Crippen LogP contribution in [0, 0.1) is 5.41 Å². The molecule has 0 saturated heterocycles. The van der Waals surface area contributed by atoms with Gasteiger partial charge < -0.3 is 5.32 Å². The minimum Gasteiger partial charge on any atom is -0.344 e. The van der Waals surface area contributed by atoms with Crippen LogP contribution >= 0.6 is 0 Å². The summed E-state index contributed by atoms with van der Waals surface area (Å²) in [5.41, 5.74) is 1.18. The minimum absolute atomic E-state index is 0.259. The monoisotopic (exact) mass is 202 g/mol. The predicted molar refractivity (Wildman–Crippen MR) is 64.8 cm³/mol. The molecule has 0 amide bonds. The van der Waals surface area contributed by atoms with Crippen molar-refractivity contribution in [1.29, 1.82) is 0 Å². The summed E-state index contributed by atoms with van der Waals surface area (Å²) in [6, 6.07) is 0. The number of nitrogens with zero attached hydrogens (tertiary/aromatic N) is 1. The second-order valence-corrected chi connectivity index (χ2v) is 4.54. The number of hydrogen-bond donors (Lipinski definition) is 1. The number of aliphatic imine (C=N–C) groups is 1. The first kappa shape index (κ1) is 10.2. The zero-order valence-electron chi connectivity index (χ0n) is 9.29. The van der Waals surface area contributed by atoms with Crippen molar-refractivity contribution < 1.29 is 0 Å². The fourth-order valence-corrected chi connectivity index (χ4v) is 1.97. The Morgan fingerprint density at radius 2 is 2.20 bits per heavy atom.